The van der Waals surface area contributed by atoms with E-state index in [4.69, 9.17) is 16.3 Å². The van der Waals surface area contributed by atoms with Crippen LogP contribution in [-0.2, 0) is 0 Å². The summed E-state index contributed by atoms with van der Waals surface area (Å²) in [7, 11) is 0. The van der Waals surface area contributed by atoms with E-state index in [0.717, 1.165) is 15.6 Å². The zero-order chi connectivity index (χ0) is 14.1. The Morgan fingerprint density at radius 2 is 1.95 bits per heavy atom. The van der Waals surface area contributed by atoms with Gasteiger partial charge in [-0.2, -0.15) is 0 Å². The van der Waals surface area contributed by atoms with Crippen LogP contribution in [0, 0.1) is 6.92 Å². The first-order valence-corrected chi connectivity index (χ1v) is 7.30. The molecule has 3 rings (SSSR count). The van der Waals surface area contributed by atoms with E-state index in [1.807, 2.05) is 49.4 Å². The molecule has 0 radical (unpaired) electrons. The molecule has 0 spiro atoms. The van der Waals surface area contributed by atoms with Gasteiger partial charge in [-0.1, -0.05) is 41.9 Å². The summed E-state index contributed by atoms with van der Waals surface area (Å²) in [5.74, 6) is 0.116. The summed E-state index contributed by atoms with van der Waals surface area (Å²) < 4.78 is 6.36. The van der Waals surface area contributed by atoms with Crippen LogP contribution in [-0.4, -0.2) is 5.97 Å². The standard InChI is InChI=1S/C16H11ClO2S/c1-10-5-4-6-11(9-10)19-16(18)15-14(17)12-7-2-3-8-13(12)20-15/h2-9H,1H3. The van der Waals surface area contributed by atoms with Crippen LogP contribution in [0.2, 0.25) is 5.02 Å². The van der Waals surface area contributed by atoms with Crippen LogP contribution in [0.5, 0.6) is 5.75 Å². The van der Waals surface area contributed by atoms with Gasteiger partial charge >= 0.3 is 5.97 Å². The molecule has 0 fully saturated rings. The first-order chi connectivity index (χ1) is 9.65. The Morgan fingerprint density at radius 3 is 2.70 bits per heavy atom. The van der Waals surface area contributed by atoms with Crippen LogP contribution in [0.25, 0.3) is 10.1 Å². The van der Waals surface area contributed by atoms with E-state index in [1.54, 1.807) is 6.07 Å². The van der Waals surface area contributed by atoms with Crippen LogP contribution in [0.15, 0.2) is 48.5 Å². The molecular weight excluding hydrogens is 292 g/mol. The Morgan fingerprint density at radius 1 is 1.15 bits per heavy atom. The first-order valence-electron chi connectivity index (χ1n) is 6.11. The molecule has 0 atom stereocenters. The fourth-order valence-electron chi connectivity index (χ4n) is 1.98. The molecule has 1 aromatic heterocycles. The van der Waals surface area contributed by atoms with Gasteiger partial charge in [0.25, 0.3) is 0 Å². The van der Waals surface area contributed by atoms with Gasteiger partial charge in [-0.25, -0.2) is 4.79 Å². The number of rotatable bonds is 2. The average molecular weight is 303 g/mol. The van der Waals surface area contributed by atoms with Crippen LogP contribution in [0.4, 0.5) is 0 Å². The molecule has 2 nitrogen and oxygen atoms in total. The molecule has 1 heterocycles. The second-order valence-corrected chi connectivity index (χ2v) is 5.88. The lowest BCUT2D eigenvalue weighted by atomic mass is 10.2. The third-order valence-electron chi connectivity index (χ3n) is 2.92. The Balaban J connectivity index is 1.95. The van der Waals surface area contributed by atoms with E-state index in [9.17, 15) is 4.79 Å². The summed E-state index contributed by atoms with van der Waals surface area (Å²) >= 11 is 7.61. The maximum atomic E-state index is 12.2. The van der Waals surface area contributed by atoms with Gasteiger partial charge in [0, 0.05) is 10.1 Å². The number of hydrogen-bond acceptors (Lipinski definition) is 3. The van der Waals surface area contributed by atoms with Crippen molar-refractivity contribution in [3.8, 4) is 5.75 Å². The van der Waals surface area contributed by atoms with E-state index in [0.29, 0.717) is 15.6 Å². The predicted octanol–water partition coefficient (Wildman–Crippen LogP) is 5.08. The molecule has 0 saturated carbocycles. The Kier molecular flexibility index (Phi) is 3.47. The number of esters is 1. The van der Waals surface area contributed by atoms with Crippen molar-refractivity contribution < 1.29 is 9.53 Å². The third kappa shape index (κ3) is 2.42. The molecule has 3 aromatic rings. The molecule has 0 aliphatic heterocycles. The fourth-order valence-corrected chi connectivity index (χ4v) is 3.36. The number of thiophene rings is 1. The molecule has 100 valence electrons. The lowest BCUT2D eigenvalue weighted by molar-refractivity contribution is 0.0740. The molecule has 0 saturated heterocycles. The van der Waals surface area contributed by atoms with E-state index in [1.165, 1.54) is 11.3 Å². The number of fused-ring (bicyclic) bond motifs is 1. The maximum Gasteiger partial charge on any atom is 0.355 e. The lowest BCUT2D eigenvalue weighted by Gasteiger charge is -2.03. The van der Waals surface area contributed by atoms with E-state index >= 15 is 0 Å². The highest BCUT2D eigenvalue weighted by Gasteiger charge is 2.18. The summed E-state index contributed by atoms with van der Waals surface area (Å²) in [5, 5.41) is 1.35. The largest absolute Gasteiger partial charge is 0.422 e. The molecule has 4 heteroatoms. The lowest BCUT2D eigenvalue weighted by Crippen LogP contribution is -2.06. The Labute approximate surface area is 125 Å². The quantitative estimate of drug-likeness (QED) is 0.487. The maximum absolute atomic E-state index is 12.2. The molecule has 0 aliphatic rings. The van der Waals surface area contributed by atoms with Gasteiger partial charge in [0.2, 0.25) is 0 Å². The number of carbonyl (C=O) groups excluding carboxylic acids is 1. The normalized spacial score (nSPS) is 10.7. The van der Waals surface area contributed by atoms with E-state index in [2.05, 4.69) is 0 Å². The second-order valence-electron chi connectivity index (χ2n) is 4.45. The molecule has 20 heavy (non-hydrogen) atoms. The van der Waals surface area contributed by atoms with Crippen molar-refractivity contribution in [1.82, 2.24) is 0 Å². The van der Waals surface area contributed by atoms with Gasteiger partial charge < -0.3 is 4.74 Å². The van der Waals surface area contributed by atoms with Gasteiger partial charge in [0.05, 0.1) is 5.02 Å². The van der Waals surface area contributed by atoms with Crippen LogP contribution >= 0.6 is 22.9 Å². The van der Waals surface area contributed by atoms with Crippen molar-refractivity contribution in [1.29, 1.82) is 0 Å². The van der Waals surface area contributed by atoms with E-state index in [-0.39, 0.29) is 0 Å². The highest BCUT2D eigenvalue weighted by atomic mass is 35.5. The van der Waals surface area contributed by atoms with Crippen LogP contribution < -0.4 is 4.74 Å². The minimum atomic E-state index is -0.415. The number of aryl methyl sites for hydroxylation is 1. The first kappa shape index (κ1) is 13.2. The van der Waals surface area contributed by atoms with Crippen molar-refractivity contribution in [2.75, 3.05) is 0 Å². The summed E-state index contributed by atoms with van der Waals surface area (Å²) in [6.45, 7) is 1.95. The van der Waals surface area contributed by atoms with Crippen molar-refractivity contribution in [2.45, 2.75) is 6.92 Å². The second kappa shape index (κ2) is 5.27. The van der Waals surface area contributed by atoms with Gasteiger partial charge in [0.1, 0.15) is 10.6 Å². The van der Waals surface area contributed by atoms with Crippen LogP contribution in [0.1, 0.15) is 15.2 Å². The summed E-state index contributed by atoms with van der Waals surface area (Å²) in [5.41, 5.74) is 1.04. The molecule has 0 amide bonds. The van der Waals surface area contributed by atoms with Gasteiger partial charge in [-0.3, -0.25) is 0 Å². The van der Waals surface area contributed by atoms with Crippen molar-refractivity contribution in [3.63, 3.8) is 0 Å². The smallest absolute Gasteiger partial charge is 0.355 e. The highest BCUT2D eigenvalue weighted by Crippen LogP contribution is 2.35. The number of ether oxygens (including phenoxy) is 1. The van der Waals surface area contributed by atoms with Crippen molar-refractivity contribution >= 4 is 39.0 Å². The minimum Gasteiger partial charge on any atom is -0.422 e. The Hall–Kier alpha value is -1.84. The molecule has 0 unspecified atom stereocenters. The summed E-state index contributed by atoms with van der Waals surface area (Å²) in [4.78, 5) is 12.7. The Bertz CT molecular complexity index is 792. The van der Waals surface area contributed by atoms with Crippen molar-refractivity contribution in [2.24, 2.45) is 0 Å². The van der Waals surface area contributed by atoms with E-state index < -0.39 is 5.97 Å². The van der Waals surface area contributed by atoms with Crippen LogP contribution in [0.3, 0.4) is 0 Å². The average Bonchev–Trinajstić information content (AvgIpc) is 2.77. The van der Waals surface area contributed by atoms with Gasteiger partial charge in [0.15, 0.2) is 0 Å². The zero-order valence-corrected chi connectivity index (χ0v) is 12.3. The molecule has 2 aromatic carbocycles. The number of halogens is 1. The third-order valence-corrected chi connectivity index (χ3v) is 4.58. The number of hydrogen-bond donors (Lipinski definition) is 0. The topological polar surface area (TPSA) is 26.3 Å². The molecule has 0 bridgehead atoms. The molecule has 0 N–H and O–H groups in total. The molecular formula is C16H11ClO2S. The summed E-state index contributed by atoms with van der Waals surface area (Å²) in [6.07, 6.45) is 0. The minimum absolute atomic E-state index is 0.415. The monoisotopic (exact) mass is 302 g/mol. The van der Waals surface area contributed by atoms with Gasteiger partial charge in [-0.05, 0) is 30.7 Å². The fraction of sp³-hybridized carbons (Fsp3) is 0.0625. The zero-order valence-electron chi connectivity index (χ0n) is 10.7. The highest BCUT2D eigenvalue weighted by molar-refractivity contribution is 7.21. The van der Waals surface area contributed by atoms with Crippen molar-refractivity contribution in [3.05, 3.63) is 64.0 Å². The number of carbonyl (C=O) groups is 1. The number of benzene rings is 2. The SMILES string of the molecule is Cc1cccc(OC(=O)c2sc3ccccc3c2Cl)c1. The summed E-state index contributed by atoms with van der Waals surface area (Å²) in [6, 6.07) is 15.0. The predicted molar refractivity (Wildman–Crippen MR) is 83.0 cm³/mol. The van der Waals surface area contributed by atoms with Gasteiger partial charge in [-0.15, -0.1) is 11.3 Å². The molecule has 0 aliphatic carbocycles.